The molecule has 0 unspecified atom stereocenters. The Bertz CT molecular complexity index is 1450. The van der Waals surface area contributed by atoms with E-state index in [-0.39, 0.29) is 16.5 Å². The van der Waals surface area contributed by atoms with Crippen molar-refractivity contribution in [2.24, 2.45) is 0 Å². The normalized spacial score (nSPS) is 12.5. The monoisotopic (exact) mass is 497 g/mol. The number of thioether (sulfide) groups is 1. The average molecular weight is 498 g/mol. The molecule has 33 heavy (non-hydrogen) atoms. The van der Waals surface area contributed by atoms with Gasteiger partial charge in [0.25, 0.3) is 15.9 Å². The number of carbonyl (C=O) groups excluding carboxylic acids is 1. The number of fused-ring (bicyclic) bond motifs is 3. The molecule has 0 aliphatic carbocycles. The van der Waals surface area contributed by atoms with E-state index in [0.717, 1.165) is 34.0 Å². The summed E-state index contributed by atoms with van der Waals surface area (Å²) >= 11 is 3.20. The summed E-state index contributed by atoms with van der Waals surface area (Å²) in [5.74, 6) is -0.0497. The van der Waals surface area contributed by atoms with E-state index < -0.39 is 15.8 Å². The number of amides is 1. The predicted octanol–water partition coefficient (Wildman–Crippen LogP) is 5.61. The van der Waals surface area contributed by atoms with Crippen molar-refractivity contribution < 1.29 is 17.6 Å². The second-order valence-corrected chi connectivity index (χ2v) is 10.9. The molecule has 0 radical (unpaired) electrons. The SMILES string of the molecule is O=C(Nc1nc2c(s1)CSc1ccccc1-2)c1ccc(NS(=O)(=O)c2ccc(F)cc2)cc1. The van der Waals surface area contributed by atoms with Gasteiger partial charge in [-0.25, -0.2) is 17.8 Å². The predicted molar refractivity (Wildman–Crippen MR) is 129 cm³/mol. The summed E-state index contributed by atoms with van der Waals surface area (Å²) in [5.41, 5.74) is 2.62. The molecular weight excluding hydrogens is 481 g/mol. The number of carbonyl (C=O) groups is 1. The van der Waals surface area contributed by atoms with E-state index in [2.05, 4.69) is 21.1 Å². The topological polar surface area (TPSA) is 88.2 Å². The molecule has 166 valence electrons. The molecule has 10 heteroatoms. The molecule has 1 aliphatic rings. The fourth-order valence-corrected chi connectivity index (χ4v) is 6.49. The fourth-order valence-electron chi connectivity index (χ4n) is 3.33. The van der Waals surface area contributed by atoms with Crippen LogP contribution in [0, 0.1) is 5.82 Å². The summed E-state index contributed by atoms with van der Waals surface area (Å²) in [5, 5.41) is 3.35. The molecule has 1 aromatic heterocycles. The lowest BCUT2D eigenvalue weighted by molar-refractivity contribution is 0.102. The largest absolute Gasteiger partial charge is 0.298 e. The number of nitrogens with zero attached hydrogens (tertiary/aromatic N) is 1. The summed E-state index contributed by atoms with van der Waals surface area (Å²) in [4.78, 5) is 19.5. The Hall–Kier alpha value is -3.21. The van der Waals surface area contributed by atoms with Gasteiger partial charge in [0.1, 0.15) is 5.82 Å². The van der Waals surface area contributed by atoms with Gasteiger partial charge in [0, 0.05) is 32.3 Å². The molecule has 0 atom stereocenters. The highest BCUT2D eigenvalue weighted by Gasteiger charge is 2.22. The zero-order valence-corrected chi connectivity index (χ0v) is 19.4. The second-order valence-electron chi connectivity index (χ2n) is 7.17. The lowest BCUT2D eigenvalue weighted by Gasteiger charge is -2.13. The van der Waals surface area contributed by atoms with E-state index in [1.807, 2.05) is 18.2 Å². The number of sulfonamides is 1. The summed E-state index contributed by atoms with van der Waals surface area (Å²) in [6.07, 6.45) is 0. The van der Waals surface area contributed by atoms with Crippen LogP contribution in [0.3, 0.4) is 0 Å². The minimum absolute atomic E-state index is 0.0572. The minimum Gasteiger partial charge on any atom is -0.298 e. The van der Waals surface area contributed by atoms with Crippen LogP contribution in [0.2, 0.25) is 0 Å². The maximum atomic E-state index is 13.1. The van der Waals surface area contributed by atoms with Crippen LogP contribution in [0.1, 0.15) is 15.2 Å². The van der Waals surface area contributed by atoms with Crippen LogP contribution in [0.5, 0.6) is 0 Å². The van der Waals surface area contributed by atoms with Crippen LogP contribution in [0.4, 0.5) is 15.2 Å². The van der Waals surface area contributed by atoms with Crippen molar-refractivity contribution in [3.05, 3.63) is 89.1 Å². The lowest BCUT2D eigenvalue weighted by Crippen LogP contribution is -2.14. The highest BCUT2D eigenvalue weighted by molar-refractivity contribution is 7.98. The summed E-state index contributed by atoms with van der Waals surface area (Å²) in [7, 11) is -3.87. The number of halogens is 1. The molecule has 0 fully saturated rings. The van der Waals surface area contributed by atoms with Crippen molar-refractivity contribution in [3.8, 4) is 11.3 Å². The number of hydrogen-bond acceptors (Lipinski definition) is 6. The standard InChI is InChI=1S/C23H16FN3O3S3/c24-15-7-11-17(12-8-15)33(29,30)27-16-9-5-14(6-10-16)22(28)26-23-25-21-18-3-1-2-4-19(18)31-13-20(21)32-23/h1-12,27H,13H2,(H,25,26,28). The molecule has 5 rings (SSSR count). The van der Waals surface area contributed by atoms with Gasteiger partial charge < -0.3 is 0 Å². The van der Waals surface area contributed by atoms with Crippen LogP contribution < -0.4 is 10.0 Å². The third-order valence-corrected chi connectivity index (χ3v) is 8.59. The quantitative estimate of drug-likeness (QED) is 0.374. The number of benzene rings is 3. The zero-order chi connectivity index (χ0) is 23.0. The first-order chi connectivity index (χ1) is 15.9. The van der Waals surface area contributed by atoms with Gasteiger partial charge in [-0.2, -0.15) is 0 Å². The molecular formula is C23H16FN3O3S3. The summed E-state index contributed by atoms with van der Waals surface area (Å²) in [6.45, 7) is 0. The smallest absolute Gasteiger partial charge is 0.261 e. The fraction of sp³-hybridized carbons (Fsp3) is 0.0435. The third-order valence-electron chi connectivity index (χ3n) is 4.94. The van der Waals surface area contributed by atoms with E-state index in [1.165, 1.54) is 52.6 Å². The minimum atomic E-state index is -3.87. The van der Waals surface area contributed by atoms with Gasteiger partial charge in [-0.15, -0.1) is 23.1 Å². The Morgan fingerprint density at radius 2 is 1.70 bits per heavy atom. The Morgan fingerprint density at radius 1 is 0.970 bits per heavy atom. The maximum Gasteiger partial charge on any atom is 0.261 e. The molecule has 0 bridgehead atoms. The number of rotatable bonds is 5. The molecule has 3 aromatic carbocycles. The molecule has 6 nitrogen and oxygen atoms in total. The number of hydrogen-bond donors (Lipinski definition) is 2. The van der Waals surface area contributed by atoms with Crippen LogP contribution in [-0.4, -0.2) is 19.3 Å². The summed E-state index contributed by atoms with van der Waals surface area (Å²) < 4.78 is 40.3. The van der Waals surface area contributed by atoms with Gasteiger partial charge in [0.2, 0.25) is 0 Å². The van der Waals surface area contributed by atoms with Crippen molar-refractivity contribution in [1.29, 1.82) is 0 Å². The van der Waals surface area contributed by atoms with Gasteiger partial charge in [0.15, 0.2) is 5.13 Å². The summed E-state index contributed by atoms with van der Waals surface area (Å²) in [6, 6.07) is 18.6. The molecule has 0 saturated heterocycles. The Morgan fingerprint density at radius 3 is 2.45 bits per heavy atom. The number of thiazole rings is 1. The number of nitrogens with one attached hydrogen (secondary N) is 2. The first-order valence-electron chi connectivity index (χ1n) is 9.81. The molecule has 2 heterocycles. The Balaban J connectivity index is 1.29. The maximum absolute atomic E-state index is 13.1. The highest BCUT2D eigenvalue weighted by atomic mass is 32.2. The first-order valence-corrected chi connectivity index (χ1v) is 13.1. The van der Waals surface area contributed by atoms with Crippen LogP contribution in [0.25, 0.3) is 11.3 Å². The molecule has 0 spiro atoms. The number of aromatic nitrogens is 1. The van der Waals surface area contributed by atoms with E-state index >= 15 is 0 Å². The van der Waals surface area contributed by atoms with Gasteiger partial charge >= 0.3 is 0 Å². The molecule has 1 amide bonds. The Kier molecular flexibility index (Phi) is 5.65. The van der Waals surface area contributed by atoms with Crippen molar-refractivity contribution in [3.63, 3.8) is 0 Å². The average Bonchev–Trinajstić information content (AvgIpc) is 3.22. The first kappa shape index (κ1) is 21.6. The van der Waals surface area contributed by atoms with Gasteiger partial charge in [0.05, 0.1) is 10.6 Å². The van der Waals surface area contributed by atoms with E-state index in [4.69, 9.17) is 0 Å². The van der Waals surface area contributed by atoms with Crippen LogP contribution in [0.15, 0.2) is 82.6 Å². The van der Waals surface area contributed by atoms with Gasteiger partial charge in [-0.1, -0.05) is 18.2 Å². The second kappa shape index (κ2) is 8.62. The van der Waals surface area contributed by atoms with Crippen LogP contribution >= 0.6 is 23.1 Å². The number of anilines is 2. The van der Waals surface area contributed by atoms with Crippen molar-refractivity contribution in [1.82, 2.24) is 4.98 Å². The highest BCUT2D eigenvalue weighted by Crippen LogP contribution is 2.44. The lowest BCUT2D eigenvalue weighted by atomic mass is 10.1. The van der Waals surface area contributed by atoms with E-state index in [9.17, 15) is 17.6 Å². The molecule has 1 aliphatic heterocycles. The van der Waals surface area contributed by atoms with Gasteiger partial charge in [-0.3, -0.25) is 14.8 Å². The van der Waals surface area contributed by atoms with Crippen molar-refractivity contribution in [2.45, 2.75) is 15.5 Å². The van der Waals surface area contributed by atoms with Crippen LogP contribution in [-0.2, 0) is 15.8 Å². The Labute approximate surface area is 197 Å². The van der Waals surface area contributed by atoms with E-state index in [0.29, 0.717) is 10.7 Å². The van der Waals surface area contributed by atoms with Gasteiger partial charge in [-0.05, 0) is 54.6 Å². The van der Waals surface area contributed by atoms with Crippen molar-refractivity contribution in [2.75, 3.05) is 10.0 Å². The molecule has 0 saturated carbocycles. The van der Waals surface area contributed by atoms with E-state index in [1.54, 1.807) is 11.8 Å². The molecule has 2 N–H and O–H groups in total. The van der Waals surface area contributed by atoms with Crippen molar-refractivity contribution >= 4 is 49.8 Å². The molecule has 4 aromatic rings. The zero-order valence-electron chi connectivity index (χ0n) is 16.9. The third kappa shape index (κ3) is 4.50.